The van der Waals surface area contributed by atoms with E-state index in [0.717, 1.165) is 34.4 Å². The molecule has 0 saturated carbocycles. The summed E-state index contributed by atoms with van der Waals surface area (Å²) in [5, 5.41) is 0. The van der Waals surface area contributed by atoms with Crippen LogP contribution in [0.4, 0.5) is 0 Å². The first kappa shape index (κ1) is 17.1. The summed E-state index contributed by atoms with van der Waals surface area (Å²) >= 11 is 0. The predicted molar refractivity (Wildman–Crippen MR) is 111 cm³/mol. The first-order valence-electron chi connectivity index (χ1n) is 9.92. The first-order chi connectivity index (χ1) is 13.5. The summed E-state index contributed by atoms with van der Waals surface area (Å²) in [5.74, 6) is 1.56. The second-order valence-electron chi connectivity index (χ2n) is 8.10. The Morgan fingerprint density at radius 1 is 1.00 bits per heavy atom. The van der Waals surface area contributed by atoms with E-state index in [1.807, 2.05) is 35.6 Å². The number of carbonyl (C=O) groups is 1. The van der Waals surface area contributed by atoms with Gasteiger partial charge in [0.15, 0.2) is 5.78 Å². The molecule has 0 amide bonds. The molecule has 1 aliphatic carbocycles. The summed E-state index contributed by atoms with van der Waals surface area (Å²) in [6.45, 7) is 6.40. The molecule has 2 aromatic carbocycles. The van der Waals surface area contributed by atoms with Gasteiger partial charge in [0.25, 0.3) is 0 Å². The van der Waals surface area contributed by atoms with E-state index in [1.165, 1.54) is 11.1 Å². The predicted octanol–water partition coefficient (Wildman–Crippen LogP) is 5.23. The average Bonchev–Trinajstić information content (AvgIpc) is 3.06. The zero-order valence-corrected chi connectivity index (χ0v) is 16.4. The van der Waals surface area contributed by atoms with Crippen molar-refractivity contribution in [2.24, 2.45) is 0 Å². The highest BCUT2D eigenvalue weighted by Gasteiger charge is 2.30. The van der Waals surface area contributed by atoms with Gasteiger partial charge in [-0.25, -0.2) is 9.97 Å². The number of imidazole rings is 1. The SMILES string of the molecule is Cc1c2c(nc3nc4ccccc4n13)CC(c1ccc(C(C)C)cc1)CC2=O. The highest BCUT2D eigenvalue weighted by molar-refractivity contribution is 6.00. The summed E-state index contributed by atoms with van der Waals surface area (Å²) in [6, 6.07) is 16.7. The lowest BCUT2D eigenvalue weighted by Gasteiger charge is -2.25. The van der Waals surface area contributed by atoms with Crippen molar-refractivity contribution in [1.82, 2.24) is 14.4 Å². The van der Waals surface area contributed by atoms with Crippen LogP contribution in [0.1, 0.15) is 65.0 Å². The third kappa shape index (κ3) is 2.55. The van der Waals surface area contributed by atoms with E-state index >= 15 is 0 Å². The van der Waals surface area contributed by atoms with Crippen molar-refractivity contribution in [2.75, 3.05) is 0 Å². The Bertz CT molecular complexity index is 1220. The summed E-state index contributed by atoms with van der Waals surface area (Å²) in [5.41, 5.74) is 7.08. The molecule has 0 radical (unpaired) electrons. The van der Waals surface area contributed by atoms with Gasteiger partial charge in [-0.2, -0.15) is 0 Å². The van der Waals surface area contributed by atoms with Gasteiger partial charge in [0.2, 0.25) is 5.78 Å². The Kier molecular flexibility index (Phi) is 3.83. The van der Waals surface area contributed by atoms with Crippen LogP contribution < -0.4 is 0 Å². The average molecular weight is 369 g/mol. The molecule has 0 spiro atoms. The van der Waals surface area contributed by atoms with Crippen LogP contribution in [0, 0.1) is 6.92 Å². The van der Waals surface area contributed by atoms with Crippen LogP contribution in [0.3, 0.4) is 0 Å². The van der Waals surface area contributed by atoms with Crippen molar-refractivity contribution >= 4 is 22.6 Å². The molecule has 0 fully saturated rings. The summed E-state index contributed by atoms with van der Waals surface area (Å²) in [7, 11) is 0. The number of carbonyl (C=O) groups excluding carboxylic acids is 1. The van der Waals surface area contributed by atoms with Crippen molar-refractivity contribution < 1.29 is 4.79 Å². The number of ketones is 1. The van der Waals surface area contributed by atoms with Gasteiger partial charge in [0.05, 0.1) is 22.3 Å². The van der Waals surface area contributed by atoms with Gasteiger partial charge in [-0.3, -0.25) is 9.20 Å². The number of fused-ring (bicyclic) bond motifs is 4. The lowest BCUT2D eigenvalue weighted by Crippen LogP contribution is -2.23. The Morgan fingerprint density at radius 2 is 1.75 bits per heavy atom. The van der Waals surface area contributed by atoms with Crippen molar-refractivity contribution in [3.05, 3.63) is 76.6 Å². The third-order valence-corrected chi connectivity index (χ3v) is 5.99. The Labute approximate surface area is 164 Å². The van der Waals surface area contributed by atoms with Crippen LogP contribution in [-0.4, -0.2) is 20.2 Å². The number of rotatable bonds is 2. The zero-order valence-electron chi connectivity index (χ0n) is 16.4. The van der Waals surface area contributed by atoms with Crippen LogP contribution in [-0.2, 0) is 6.42 Å². The highest BCUT2D eigenvalue weighted by Crippen LogP contribution is 2.34. The Balaban J connectivity index is 1.61. The number of aryl methyl sites for hydroxylation is 1. The molecule has 2 aromatic heterocycles. The molecule has 0 bridgehead atoms. The van der Waals surface area contributed by atoms with E-state index in [-0.39, 0.29) is 11.7 Å². The Hall–Kier alpha value is -3.01. The normalized spacial score (nSPS) is 16.9. The fourth-order valence-electron chi connectivity index (χ4n) is 4.45. The second-order valence-corrected chi connectivity index (χ2v) is 8.10. The minimum Gasteiger partial charge on any atom is -0.294 e. The molecule has 0 aliphatic heterocycles. The molecule has 2 heterocycles. The van der Waals surface area contributed by atoms with Crippen LogP contribution >= 0.6 is 0 Å². The maximum absolute atomic E-state index is 13.1. The third-order valence-electron chi connectivity index (χ3n) is 5.99. The summed E-state index contributed by atoms with van der Waals surface area (Å²) in [4.78, 5) is 22.6. The lowest BCUT2D eigenvalue weighted by molar-refractivity contribution is 0.0962. The van der Waals surface area contributed by atoms with Crippen molar-refractivity contribution in [3.8, 4) is 0 Å². The maximum Gasteiger partial charge on any atom is 0.235 e. The highest BCUT2D eigenvalue weighted by atomic mass is 16.1. The van der Waals surface area contributed by atoms with Crippen LogP contribution in [0.5, 0.6) is 0 Å². The molecule has 1 unspecified atom stereocenters. The molecular weight excluding hydrogens is 346 g/mol. The molecule has 4 heteroatoms. The van der Waals surface area contributed by atoms with Gasteiger partial charge in [-0.05, 0) is 48.4 Å². The standard InChI is InChI=1S/C24H23N3O/c1-14(2)16-8-10-17(11-9-16)18-12-20-23(22(28)13-18)15(3)27-21-7-5-4-6-19(21)25-24(27)26-20/h4-11,14,18H,12-13H2,1-3H3. The number of hydrogen-bond acceptors (Lipinski definition) is 3. The van der Waals surface area contributed by atoms with Crippen LogP contribution in [0.2, 0.25) is 0 Å². The number of hydrogen-bond donors (Lipinski definition) is 0. The summed E-state index contributed by atoms with van der Waals surface area (Å²) < 4.78 is 2.02. The van der Waals surface area contributed by atoms with Crippen molar-refractivity contribution in [3.63, 3.8) is 0 Å². The van der Waals surface area contributed by atoms with Gasteiger partial charge < -0.3 is 0 Å². The number of benzene rings is 2. The molecule has 0 N–H and O–H groups in total. The molecule has 28 heavy (non-hydrogen) atoms. The van der Waals surface area contributed by atoms with E-state index < -0.39 is 0 Å². The van der Waals surface area contributed by atoms with E-state index in [4.69, 9.17) is 4.98 Å². The maximum atomic E-state index is 13.1. The first-order valence-corrected chi connectivity index (χ1v) is 9.92. The number of para-hydroxylation sites is 2. The van der Waals surface area contributed by atoms with Gasteiger partial charge in [-0.15, -0.1) is 0 Å². The molecule has 140 valence electrons. The zero-order chi connectivity index (χ0) is 19.4. The van der Waals surface area contributed by atoms with E-state index in [1.54, 1.807) is 0 Å². The fourth-order valence-corrected chi connectivity index (χ4v) is 4.45. The second kappa shape index (κ2) is 6.26. The topological polar surface area (TPSA) is 47.3 Å². The minimum atomic E-state index is 0.181. The number of nitrogens with zero attached hydrogens (tertiary/aromatic N) is 3. The minimum absolute atomic E-state index is 0.181. The van der Waals surface area contributed by atoms with E-state index in [2.05, 4.69) is 43.1 Å². The van der Waals surface area contributed by atoms with Crippen LogP contribution in [0.25, 0.3) is 16.8 Å². The van der Waals surface area contributed by atoms with Gasteiger partial charge in [0, 0.05) is 12.1 Å². The molecular formula is C24H23N3O. The number of aromatic nitrogens is 3. The van der Waals surface area contributed by atoms with E-state index in [9.17, 15) is 4.79 Å². The quantitative estimate of drug-likeness (QED) is 0.486. The number of Topliss-reactive ketones (excluding diaryl/α,β-unsaturated/α-hetero) is 1. The lowest BCUT2D eigenvalue weighted by atomic mass is 9.81. The molecule has 5 rings (SSSR count). The van der Waals surface area contributed by atoms with Crippen LogP contribution in [0.15, 0.2) is 48.5 Å². The van der Waals surface area contributed by atoms with Gasteiger partial charge >= 0.3 is 0 Å². The molecule has 1 atom stereocenters. The van der Waals surface area contributed by atoms with Crippen molar-refractivity contribution in [2.45, 2.75) is 45.4 Å². The fraction of sp³-hybridized carbons (Fsp3) is 0.292. The molecule has 4 aromatic rings. The van der Waals surface area contributed by atoms with Crippen molar-refractivity contribution in [1.29, 1.82) is 0 Å². The van der Waals surface area contributed by atoms with Gasteiger partial charge in [-0.1, -0.05) is 50.2 Å². The molecule has 1 aliphatic rings. The van der Waals surface area contributed by atoms with Gasteiger partial charge in [0.1, 0.15) is 0 Å². The smallest absolute Gasteiger partial charge is 0.235 e. The molecule has 0 saturated heterocycles. The van der Waals surface area contributed by atoms with E-state index in [0.29, 0.717) is 18.1 Å². The Morgan fingerprint density at radius 3 is 2.50 bits per heavy atom. The monoisotopic (exact) mass is 369 g/mol. The largest absolute Gasteiger partial charge is 0.294 e. The summed E-state index contributed by atoms with van der Waals surface area (Å²) in [6.07, 6.45) is 1.32. The molecule has 4 nitrogen and oxygen atoms in total.